The highest BCUT2D eigenvalue weighted by atomic mass is 32.1. The van der Waals surface area contributed by atoms with E-state index in [9.17, 15) is 0 Å². The molecule has 0 spiro atoms. The van der Waals surface area contributed by atoms with E-state index in [1.165, 1.54) is 32.1 Å². The first kappa shape index (κ1) is 11.8. The third-order valence-corrected chi connectivity index (χ3v) is 2.99. The lowest BCUT2D eigenvalue weighted by Crippen LogP contribution is -2.39. The second-order valence-electron chi connectivity index (χ2n) is 4.49. The maximum atomic E-state index is 5.15. The second kappa shape index (κ2) is 6.23. The number of hydrogen-bond donors (Lipinski definition) is 2. The van der Waals surface area contributed by atoms with Crippen LogP contribution in [0.25, 0.3) is 0 Å². The van der Waals surface area contributed by atoms with E-state index in [0.29, 0.717) is 6.04 Å². The average molecular weight is 214 g/mol. The van der Waals surface area contributed by atoms with Gasteiger partial charge < -0.3 is 10.6 Å². The molecule has 82 valence electrons. The summed E-state index contributed by atoms with van der Waals surface area (Å²) in [6.07, 6.45) is 6.98. The van der Waals surface area contributed by atoms with E-state index in [4.69, 9.17) is 12.2 Å². The molecule has 0 amide bonds. The minimum Gasteiger partial charge on any atom is -0.363 e. The Kier molecular flexibility index (Phi) is 5.23. The van der Waals surface area contributed by atoms with Crippen molar-refractivity contribution in [2.45, 2.75) is 52.0 Å². The van der Waals surface area contributed by atoms with E-state index < -0.39 is 0 Å². The highest BCUT2D eigenvalue weighted by molar-refractivity contribution is 7.80. The van der Waals surface area contributed by atoms with Crippen molar-refractivity contribution in [3.8, 4) is 0 Å². The van der Waals surface area contributed by atoms with Crippen molar-refractivity contribution in [2.24, 2.45) is 5.92 Å². The van der Waals surface area contributed by atoms with Gasteiger partial charge in [-0.2, -0.15) is 0 Å². The summed E-state index contributed by atoms with van der Waals surface area (Å²) < 4.78 is 0. The van der Waals surface area contributed by atoms with Crippen LogP contribution in [-0.2, 0) is 0 Å². The van der Waals surface area contributed by atoms with Gasteiger partial charge in [-0.05, 0) is 38.4 Å². The Morgan fingerprint density at radius 3 is 2.57 bits per heavy atom. The zero-order valence-electron chi connectivity index (χ0n) is 9.31. The minimum absolute atomic E-state index is 0.432. The molecule has 0 heterocycles. The molecule has 0 aromatic rings. The molecule has 1 fully saturated rings. The lowest BCUT2D eigenvalue weighted by Gasteiger charge is -2.14. The topological polar surface area (TPSA) is 24.1 Å². The Morgan fingerprint density at radius 2 is 2.00 bits per heavy atom. The van der Waals surface area contributed by atoms with Crippen molar-refractivity contribution in [1.29, 1.82) is 0 Å². The van der Waals surface area contributed by atoms with Crippen LogP contribution < -0.4 is 10.6 Å². The van der Waals surface area contributed by atoms with Gasteiger partial charge in [0.25, 0.3) is 0 Å². The lowest BCUT2D eigenvalue weighted by atomic mass is 10.0. The molecular weight excluding hydrogens is 192 g/mol. The van der Waals surface area contributed by atoms with Crippen LogP contribution in [0.2, 0.25) is 0 Å². The molecule has 1 aliphatic carbocycles. The molecule has 0 radical (unpaired) electrons. The van der Waals surface area contributed by atoms with Crippen LogP contribution in [0.5, 0.6) is 0 Å². The molecule has 14 heavy (non-hydrogen) atoms. The molecule has 2 nitrogen and oxygen atoms in total. The van der Waals surface area contributed by atoms with Gasteiger partial charge in [-0.15, -0.1) is 0 Å². The van der Waals surface area contributed by atoms with Crippen molar-refractivity contribution in [1.82, 2.24) is 10.6 Å². The summed E-state index contributed by atoms with van der Waals surface area (Å²) in [6.45, 7) is 5.24. The highest BCUT2D eigenvalue weighted by Crippen LogP contribution is 2.26. The molecule has 0 unspecified atom stereocenters. The van der Waals surface area contributed by atoms with Gasteiger partial charge in [-0.3, -0.25) is 0 Å². The van der Waals surface area contributed by atoms with Crippen LogP contribution in [0.4, 0.5) is 0 Å². The maximum absolute atomic E-state index is 5.15. The number of nitrogens with one attached hydrogen (secondary N) is 2. The SMILES string of the molecule is CC(C)NC(=S)NCCC1CCCC1. The van der Waals surface area contributed by atoms with Crippen molar-refractivity contribution >= 4 is 17.3 Å². The van der Waals surface area contributed by atoms with Gasteiger partial charge >= 0.3 is 0 Å². The van der Waals surface area contributed by atoms with E-state index in [0.717, 1.165) is 17.6 Å². The maximum Gasteiger partial charge on any atom is 0.166 e. The van der Waals surface area contributed by atoms with E-state index in [-0.39, 0.29) is 0 Å². The summed E-state index contributed by atoms with van der Waals surface area (Å²) >= 11 is 5.15. The van der Waals surface area contributed by atoms with Crippen LogP contribution >= 0.6 is 12.2 Å². The summed E-state index contributed by atoms with van der Waals surface area (Å²) in [6, 6.07) is 0.432. The van der Waals surface area contributed by atoms with Gasteiger partial charge in [0.1, 0.15) is 0 Å². The van der Waals surface area contributed by atoms with Crippen LogP contribution in [-0.4, -0.2) is 17.7 Å². The Balaban J connectivity index is 1.99. The zero-order chi connectivity index (χ0) is 10.4. The number of rotatable bonds is 4. The molecule has 1 rings (SSSR count). The molecule has 0 aliphatic heterocycles. The Morgan fingerprint density at radius 1 is 1.36 bits per heavy atom. The summed E-state index contributed by atoms with van der Waals surface area (Å²) in [5, 5.41) is 7.25. The smallest absolute Gasteiger partial charge is 0.166 e. The monoisotopic (exact) mass is 214 g/mol. The molecule has 0 aromatic heterocycles. The van der Waals surface area contributed by atoms with Crippen molar-refractivity contribution in [2.75, 3.05) is 6.54 Å². The number of thiocarbonyl (C=S) groups is 1. The van der Waals surface area contributed by atoms with Gasteiger partial charge in [0.15, 0.2) is 5.11 Å². The fraction of sp³-hybridized carbons (Fsp3) is 0.909. The largest absolute Gasteiger partial charge is 0.363 e. The first-order chi connectivity index (χ1) is 6.68. The molecule has 1 aliphatic rings. The highest BCUT2D eigenvalue weighted by Gasteiger charge is 2.14. The fourth-order valence-corrected chi connectivity index (χ4v) is 2.34. The first-order valence-electron chi connectivity index (χ1n) is 5.73. The van der Waals surface area contributed by atoms with E-state index in [1.54, 1.807) is 0 Å². The van der Waals surface area contributed by atoms with Gasteiger partial charge in [-0.1, -0.05) is 25.7 Å². The average Bonchev–Trinajstić information content (AvgIpc) is 2.55. The van der Waals surface area contributed by atoms with E-state index in [2.05, 4.69) is 24.5 Å². The quantitative estimate of drug-likeness (QED) is 0.703. The first-order valence-corrected chi connectivity index (χ1v) is 6.13. The standard InChI is InChI=1S/C11H22N2S/c1-9(2)13-11(14)12-8-7-10-5-3-4-6-10/h9-10H,3-8H2,1-2H3,(H2,12,13,14). The third-order valence-electron chi connectivity index (χ3n) is 2.73. The van der Waals surface area contributed by atoms with E-state index >= 15 is 0 Å². The van der Waals surface area contributed by atoms with Crippen molar-refractivity contribution < 1.29 is 0 Å². The minimum atomic E-state index is 0.432. The molecule has 0 bridgehead atoms. The lowest BCUT2D eigenvalue weighted by molar-refractivity contribution is 0.498. The summed E-state index contributed by atoms with van der Waals surface area (Å²) in [5.74, 6) is 0.948. The molecule has 3 heteroatoms. The Bertz CT molecular complexity index is 174. The molecule has 0 atom stereocenters. The molecule has 1 saturated carbocycles. The number of hydrogen-bond acceptors (Lipinski definition) is 1. The second-order valence-corrected chi connectivity index (χ2v) is 4.90. The van der Waals surface area contributed by atoms with Crippen molar-refractivity contribution in [3.63, 3.8) is 0 Å². The predicted molar refractivity (Wildman–Crippen MR) is 65.4 cm³/mol. The van der Waals surface area contributed by atoms with Crippen molar-refractivity contribution in [3.05, 3.63) is 0 Å². The van der Waals surface area contributed by atoms with Gasteiger partial charge in [0, 0.05) is 12.6 Å². The summed E-state index contributed by atoms with van der Waals surface area (Å²) in [4.78, 5) is 0. The van der Waals surface area contributed by atoms with Gasteiger partial charge in [-0.25, -0.2) is 0 Å². The van der Waals surface area contributed by atoms with Crippen LogP contribution in [0.1, 0.15) is 46.0 Å². The predicted octanol–water partition coefficient (Wildman–Crippen LogP) is 2.44. The van der Waals surface area contributed by atoms with E-state index in [1.807, 2.05) is 0 Å². The normalized spacial score (nSPS) is 17.4. The fourth-order valence-electron chi connectivity index (χ4n) is 2.00. The molecule has 0 aromatic carbocycles. The molecule has 2 N–H and O–H groups in total. The zero-order valence-corrected chi connectivity index (χ0v) is 10.1. The van der Waals surface area contributed by atoms with Gasteiger partial charge in [0.2, 0.25) is 0 Å². The van der Waals surface area contributed by atoms with Gasteiger partial charge in [0.05, 0.1) is 0 Å². The van der Waals surface area contributed by atoms with Crippen LogP contribution in [0, 0.1) is 5.92 Å². The summed E-state index contributed by atoms with van der Waals surface area (Å²) in [7, 11) is 0. The molecule has 0 saturated heterocycles. The molecular formula is C11H22N2S. The third kappa shape index (κ3) is 4.80. The Hall–Kier alpha value is -0.310. The Labute approximate surface area is 92.8 Å². The van der Waals surface area contributed by atoms with Crippen LogP contribution in [0.3, 0.4) is 0 Å². The van der Waals surface area contributed by atoms with Crippen LogP contribution in [0.15, 0.2) is 0 Å². The summed E-state index contributed by atoms with van der Waals surface area (Å²) in [5.41, 5.74) is 0.